The van der Waals surface area contributed by atoms with Crippen LogP contribution in [0.25, 0.3) is 0 Å². The third kappa shape index (κ3) is 3.89. The fraction of sp³-hybridized carbons (Fsp3) is 0.818. The minimum absolute atomic E-state index is 0.305. The maximum atomic E-state index is 10.7. The van der Waals surface area contributed by atoms with E-state index in [0.717, 1.165) is 19.3 Å². The van der Waals surface area contributed by atoms with Crippen LogP contribution in [-0.2, 0) is 4.79 Å². The van der Waals surface area contributed by atoms with Gasteiger partial charge in [-0.05, 0) is 19.3 Å². The fourth-order valence-corrected chi connectivity index (χ4v) is 1.96. The third-order valence-electron chi connectivity index (χ3n) is 2.90. The van der Waals surface area contributed by atoms with Crippen molar-refractivity contribution < 1.29 is 15.0 Å². The zero-order valence-electron chi connectivity index (χ0n) is 9.35. The lowest BCUT2D eigenvalue weighted by Crippen LogP contribution is -2.43. The van der Waals surface area contributed by atoms with Crippen molar-refractivity contribution in [2.24, 2.45) is 0 Å². The number of hydrogen-bond donors (Lipinski definition) is 2. The zero-order valence-corrected chi connectivity index (χ0v) is 9.35. The Morgan fingerprint density at radius 3 is 2.69 bits per heavy atom. The van der Waals surface area contributed by atoms with E-state index in [4.69, 9.17) is 5.26 Å². The summed E-state index contributed by atoms with van der Waals surface area (Å²) >= 11 is 0. The van der Waals surface area contributed by atoms with Gasteiger partial charge in [0.05, 0.1) is 0 Å². The van der Waals surface area contributed by atoms with Crippen LogP contribution in [0.4, 0.5) is 0 Å². The van der Waals surface area contributed by atoms with Gasteiger partial charge < -0.3 is 10.2 Å². The standard InChI is InChI=1S/C11H18N2O3/c12-9-10(14)5-2-1-3-7-13-8-4-6-11(13,15)16/h15-16H,1-8H2. The van der Waals surface area contributed by atoms with Gasteiger partial charge in [-0.2, -0.15) is 5.26 Å². The topological polar surface area (TPSA) is 84.6 Å². The van der Waals surface area contributed by atoms with Gasteiger partial charge in [-0.1, -0.05) is 6.42 Å². The highest BCUT2D eigenvalue weighted by Gasteiger charge is 2.35. The summed E-state index contributed by atoms with van der Waals surface area (Å²) in [5.41, 5.74) is 0. The Hall–Kier alpha value is -0.960. The molecule has 1 heterocycles. The molecule has 0 unspecified atom stereocenters. The van der Waals surface area contributed by atoms with E-state index in [0.29, 0.717) is 32.4 Å². The Balaban J connectivity index is 2.08. The molecule has 5 heteroatoms. The van der Waals surface area contributed by atoms with Crippen molar-refractivity contribution in [3.63, 3.8) is 0 Å². The molecular weight excluding hydrogens is 208 g/mol. The van der Waals surface area contributed by atoms with Crippen LogP contribution in [0, 0.1) is 11.3 Å². The van der Waals surface area contributed by atoms with Crippen LogP contribution in [0.5, 0.6) is 0 Å². The molecule has 5 nitrogen and oxygen atoms in total. The number of unbranched alkanes of at least 4 members (excludes halogenated alkanes) is 2. The second-order valence-electron chi connectivity index (χ2n) is 4.21. The van der Waals surface area contributed by atoms with E-state index in [1.54, 1.807) is 11.0 Å². The maximum absolute atomic E-state index is 10.7. The summed E-state index contributed by atoms with van der Waals surface area (Å²) in [6, 6.07) is 1.58. The van der Waals surface area contributed by atoms with Crippen molar-refractivity contribution in [2.45, 2.75) is 44.4 Å². The number of carbonyl (C=O) groups excluding carboxylic acids is 1. The summed E-state index contributed by atoms with van der Waals surface area (Å²) < 4.78 is 0. The highest BCUT2D eigenvalue weighted by molar-refractivity contribution is 5.93. The molecule has 90 valence electrons. The molecule has 0 radical (unpaired) electrons. The summed E-state index contributed by atoms with van der Waals surface area (Å²) in [6.45, 7) is 1.35. The summed E-state index contributed by atoms with van der Waals surface area (Å²) in [6.07, 6.45) is 3.87. The van der Waals surface area contributed by atoms with Crippen molar-refractivity contribution in [3.8, 4) is 6.07 Å². The predicted molar refractivity (Wildman–Crippen MR) is 57.1 cm³/mol. The highest BCUT2D eigenvalue weighted by atomic mass is 16.5. The maximum Gasteiger partial charge on any atom is 0.231 e. The first-order valence-corrected chi connectivity index (χ1v) is 5.69. The molecule has 1 fully saturated rings. The molecule has 2 N–H and O–H groups in total. The van der Waals surface area contributed by atoms with E-state index < -0.39 is 5.91 Å². The van der Waals surface area contributed by atoms with Gasteiger partial charge in [0, 0.05) is 25.9 Å². The zero-order chi connectivity index (χ0) is 12.0. The number of hydrogen-bond acceptors (Lipinski definition) is 5. The number of likely N-dealkylation sites (tertiary alicyclic amines) is 1. The van der Waals surface area contributed by atoms with Crippen LogP contribution in [-0.4, -0.2) is 39.9 Å². The second-order valence-corrected chi connectivity index (χ2v) is 4.21. The SMILES string of the molecule is N#CC(=O)CCCCCN1CCCC1(O)O. The predicted octanol–water partition coefficient (Wildman–Crippen LogP) is 0.374. The van der Waals surface area contributed by atoms with E-state index in [1.807, 2.05) is 0 Å². The van der Waals surface area contributed by atoms with Crippen molar-refractivity contribution in [2.75, 3.05) is 13.1 Å². The van der Waals surface area contributed by atoms with Crippen LogP contribution in [0.2, 0.25) is 0 Å². The molecule has 0 saturated carbocycles. The molecule has 0 bridgehead atoms. The molecular formula is C11H18N2O3. The van der Waals surface area contributed by atoms with Gasteiger partial charge in [0.2, 0.25) is 11.7 Å². The van der Waals surface area contributed by atoms with Crippen LogP contribution >= 0.6 is 0 Å². The molecule has 16 heavy (non-hydrogen) atoms. The average molecular weight is 226 g/mol. The molecule has 0 aromatic carbocycles. The van der Waals surface area contributed by atoms with E-state index in [2.05, 4.69) is 0 Å². The van der Waals surface area contributed by atoms with Gasteiger partial charge in [0.25, 0.3) is 0 Å². The first kappa shape index (κ1) is 13.1. The van der Waals surface area contributed by atoms with Crippen molar-refractivity contribution in [3.05, 3.63) is 0 Å². The van der Waals surface area contributed by atoms with Gasteiger partial charge in [0.15, 0.2) is 0 Å². The largest absolute Gasteiger partial charge is 0.353 e. The number of aliphatic hydroxyl groups is 2. The molecule has 0 amide bonds. The molecule has 0 spiro atoms. The summed E-state index contributed by atoms with van der Waals surface area (Å²) in [7, 11) is 0. The van der Waals surface area contributed by atoms with Crippen molar-refractivity contribution in [1.82, 2.24) is 4.90 Å². The molecule has 1 aliphatic rings. The Labute approximate surface area is 95.3 Å². The first-order chi connectivity index (χ1) is 7.56. The number of carbonyl (C=O) groups is 1. The number of nitriles is 1. The van der Waals surface area contributed by atoms with E-state index in [-0.39, 0.29) is 5.78 Å². The lowest BCUT2D eigenvalue weighted by molar-refractivity contribution is -0.244. The fourth-order valence-electron chi connectivity index (χ4n) is 1.96. The lowest BCUT2D eigenvalue weighted by Gasteiger charge is -2.27. The van der Waals surface area contributed by atoms with Gasteiger partial charge in [-0.25, -0.2) is 0 Å². The Bertz CT molecular complexity index is 283. The van der Waals surface area contributed by atoms with Gasteiger partial charge in [-0.3, -0.25) is 9.69 Å². The van der Waals surface area contributed by atoms with Crippen molar-refractivity contribution >= 4 is 5.78 Å². The summed E-state index contributed by atoms with van der Waals surface area (Å²) in [4.78, 5) is 12.3. The summed E-state index contributed by atoms with van der Waals surface area (Å²) in [5.74, 6) is -2.01. The minimum Gasteiger partial charge on any atom is -0.353 e. The number of ketones is 1. The van der Waals surface area contributed by atoms with Crippen molar-refractivity contribution in [1.29, 1.82) is 5.26 Å². The number of rotatable bonds is 6. The first-order valence-electron chi connectivity index (χ1n) is 5.69. The van der Waals surface area contributed by atoms with Gasteiger partial charge >= 0.3 is 0 Å². The Morgan fingerprint density at radius 1 is 1.38 bits per heavy atom. The van der Waals surface area contributed by atoms with Crippen LogP contribution < -0.4 is 0 Å². The second kappa shape index (κ2) is 5.94. The van der Waals surface area contributed by atoms with E-state index >= 15 is 0 Å². The number of nitrogens with zero attached hydrogens (tertiary/aromatic N) is 2. The molecule has 1 rings (SSSR count). The van der Waals surface area contributed by atoms with Gasteiger partial charge in [-0.15, -0.1) is 0 Å². The summed E-state index contributed by atoms with van der Waals surface area (Å²) in [5, 5.41) is 27.3. The average Bonchev–Trinajstić information content (AvgIpc) is 2.57. The van der Waals surface area contributed by atoms with Crippen LogP contribution in [0.3, 0.4) is 0 Å². The monoisotopic (exact) mass is 226 g/mol. The molecule has 0 atom stereocenters. The Morgan fingerprint density at radius 2 is 2.12 bits per heavy atom. The van der Waals surface area contributed by atoms with Gasteiger partial charge in [0.1, 0.15) is 6.07 Å². The molecule has 0 aliphatic carbocycles. The third-order valence-corrected chi connectivity index (χ3v) is 2.90. The van der Waals surface area contributed by atoms with E-state index in [9.17, 15) is 15.0 Å². The smallest absolute Gasteiger partial charge is 0.231 e. The lowest BCUT2D eigenvalue weighted by atomic mass is 10.1. The van der Waals surface area contributed by atoms with Crippen LogP contribution in [0.1, 0.15) is 38.5 Å². The Kier molecular flexibility index (Phi) is 4.87. The molecule has 0 aromatic rings. The quantitative estimate of drug-likeness (QED) is 0.388. The molecule has 1 aliphatic heterocycles. The number of Topliss-reactive ketones (excluding diaryl/α,β-unsaturated/α-hetero) is 1. The van der Waals surface area contributed by atoms with Crippen LogP contribution in [0.15, 0.2) is 0 Å². The highest BCUT2D eigenvalue weighted by Crippen LogP contribution is 2.23. The van der Waals surface area contributed by atoms with E-state index in [1.165, 1.54) is 0 Å². The molecule has 1 saturated heterocycles. The minimum atomic E-state index is -1.64. The normalized spacial score (nSPS) is 19.6. The molecule has 0 aromatic heterocycles.